The summed E-state index contributed by atoms with van der Waals surface area (Å²) in [5.74, 6) is -0.385. The highest BCUT2D eigenvalue weighted by Gasteiger charge is 2.35. The molecule has 0 saturated carbocycles. The molecule has 2 aromatic heterocycles. The highest BCUT2D eigenvalue weighted by atomic mass is 16.5. The number of nitrogens with zero attached hydrogens (tertiary/aromatic N) is 6. The van der Waals surface area contributed by atoms with Gasteiger partial charge in [0, 0.05) is 56.7 Å². The van der Waals surface area contributed by atoms with Gasteiger partial charge in [-0.25, -0.2) is 4.98 Å². The van der Waals surface area contributed by atoms with Crippen LogP contribution in [0.2, 0.25) is 0 Å². The molecule has 1 N–H and O–H groups in total. The molecule has 12 nitrogen and oxygen atoms in total. The first-order chi connectivity index (χ1) is 21.1. The molecule has 2 aromatic rings. The van der Waals surface area contributed by atoms with Gasteiger partial charge in [0.05, 0.1) is 13.7 Å². The normalized spacial score (nSPS) is 19.8. The number of amides is 4. The third-order valence-corrected chi connectivity index (χ3v) is 9.05. The second-order valence-electron chi connectivity index (χ2n) is 12.7. The number of hydrogen-bond donors (Lipinski definition) is 1. The lowest BCUT2D eigenvalue weighted by atomic mass is 9.89. The van der Waals surface area contributed by atoms with Gasteiger partial charge in [0.15, 0.2) is 5.69 Å². The molecule has 238 valence electrons. The van der Waals surface area contributed by atoms with Crippen molar-refractivity contribution in [2.75, 3.05) is 46.9 Å². The van der Waals surface area contributed by atoms with Gasteiger partial charge in [-0.2, -0.15) is 5.10 Å². The van der Waals surface area contributed by atoms with Gasteiger partial charge in [0.25, 0.3) is 11.8 Å². The van der Waals surface area contributed by atoms with Crippen LogP contribution in [-0.2, 0) is 42.3 Å². The van der Waals surface area contributed by atoms with Crippen LogP contribution in [0.3, 0.4) is 0 Å². The van der Waals surface area contributed by atoms with Crippen molar-refractivity contribution >= 4 is 23.6 Å². The highest BCUT2D eigenvalue weighted by molar-refractivity contribution is 5.99. The molecule has 0 aromatic carbocycles. The molecule has 44 heavy (non-hydrogen) atoms. The Morgan fingerprint density at radius 3 is 2.66 bits per heavy atom. The molecule has 0 fully saturated rings. The number of aryl methyl sites for hydroxylation is 3. The number of aromatic nitrogens is 3. The third kappa shape index (κ3) is 6.58. The van der Waals surface area contributed by atoms with E-state index >= 15 is 0 Å². The predicted molar refractivity (Wildman–Crippen MR) is 163 cm³/mol. The smallest absolute Gasteiger partial charge is 0.274 e. The Labute approximate surface area is 259 Å². The molecule has 0 saturated heterocycles. The van der Waals surface area contributed by atoms with Crippen molar-refractivity contribution in [1.82, 2.24) is 34.8 Å². The molecule has 4 amide bonds. The van der Waals surface area contributed by atoms with Crippen molar-refractivity contribution in [2.24, 2.45) is 13.0 Å². The van der Waals surface area contributed by atoms with Crippen LogP contribution in [0.15, 0.2) is 6.07 Å². The first-order valence-corrected chi connectivity index (χ1v) is 15.8. The summed E-state index contributed by atoms with van der Waals surface area (Å²) in [6.07, 6.45) is 5.85. The first kappa shape index (κ1) is 31.5. The van der Waals surface area contributed by atoms with Gasteiger partial charge in [0.1, 0.15) is 12.1 Å². The van der Waals surface area contributed by atoms with E-state index in [1.807, 2.05) is 18.0 Å². The molecule has 1 aliphatic heterocycles. The van der Waals surface area contributed by atoms with Gasteiger partial charge in [0.2, 0.25) is 17.7 Å². The molecule has 5 rings (SSSR count). The maximum atomic E-state index is 14.2. The number of ether oxygens (including phenoxy) is 1. The van der Waals surface area contributed by atoms with E-state index in [2.05, 4.69) is 29.2 Å². The van der Waals surface area contributed by atoms with Gasteiger partial charge >= 0.3 is 0 Å². The summed E-state index contributed by atoms with van der Waals surface area (Å²) in [4.78, 5) is 64.0. The lowest BCUT2D eigenvalue weighted by Gasteiger charge is -2.37. The number of carbonyl (C=O) groups excluding carboxylic acids is 4. The minimum Gasteiger partial charge on any atom is -0.480 e. The van der Waals surface area contributed by atoms with Crippen LogP contribution in [0, 0.1) is 5.92 Å². The minimum atomic E-state index is -0.307. The van der Waals surface area contributed by atoms with E-state index in [1.165, 1.54) is 12.0 Å². The number of methoxy groups -OCH3 is 1. The summed E-state index contributed by atoms with van der Waals surface area (Å²) in [6.45, 7) is 5.16. The van der Waals surface area contributed by atoms with E-state index in [0.717, 1.165) is 54.6 Å². The van der Waals surface area contributed by atoms with Crippen molar-refractivity contribution in [2.45, 2.75) is 71.3 Å². The maximum absolute atomic E-state index is 14.2. The van der Waals surface area contributed by atoms with Gasteiger partial charge < -0.3 is 24.8 Å². The summed E-state index contributed by atoms with van der Waals surface area (Å²) >= 11 is 0. The van der Waals surface area contributed by atoms with Crippen molar-refractivity contribution in [3.05, 3.63) is 39.8 Å². The lowest BCUT2D eigenvalue weighted by molar-refractivity contribution is -0.134. The SMILES string of the molecule is COc1nc2c(cc1C(=O)N1CCCNC(=O)CN(C)C(=O)c3nn(C)c4c3CC(CC4)N(CCC(C)C)C(=O)C1)CCC2. The van der Waals surface area contributed by atoms with Gasteiger partial charge in [-0.05, 0) is 68.9 Å². The first-order valence-electron chi connectivity index (χ1n) is 15.8. The number of rotatable bonds is 5. The molecule has 2 aliphatic carbocycles. The van der Waals surface area contributed by atoms with Crippen LogP contribution in [0.5, 0.6) is 5.88 Å². The fourth-order valence-electron chi connectivity index (χ4n) is 6.58. The standard InChI is InChI=1S/C32H45N7O5/c1-20(2)12-15-39-22-10-11-26-23(17-22)29(35-37(26)4)32(43)36(3)18-27(40)33-13-7-14-38(19-28(39)41)31(42)24-16-21-8-6-9-25(21)34-30(24)44-5/h16,20,22H,6-15,17-19H2,1-5H3,(H,33,40). The van der Waals surface area contributed by atoms with Crippen molar-refractivity contribution in [3.63, 3.8) is 0 Å². The molecular weight excluding hydrogens is 562 g/mol. The summed E-state index contributed by atoms with van der Waals surface area (Å²) in [6, 6.07) is 1.73. The molecule has 12 heteroatoms. The quantitative estimate of drug-likeness (QED) is 0.549. The number of hydrogen-bond acceptors (Lipinski definition) is 7. The Bertz CT molecular complexity index is 1430. The number of fused-ring (bicyclic) bond motifs is 2. The summed E-state index contributed by atoms with van der Waals surface area (Å²) in [5.41, 5.74) is 4.50. The molecule has 2 bridgehead atoms. The van der Waals surface area contributed by atoms with E-state index in [4.69, 9.17) is 4.74 Å². The van der Waals surface area contributed by atoms with Crippen molar-refractivity contribution in [3.8, 4) is 5.88 Å². The average Bonchev–Trinajstić information content (AvgIpc) is 3.59. The van der Waals surface area contributed by atoms with Gasteiger partial charge in [-0.1, -0.05) is 13.8 Å². The van der Waals surface area contributed by atoms with Crippen LogP contribution in [0.4, 0.5) is 0 Å². The zero-order valence-electron chi connectivity index (χ0n) is 26.6. The summed E-state index contributed by atoms with van der Waals surface area (Å²) in [5, 5.41) is 7.41. The van der Waals surface area contributed by atoms with Crippen molar-refractivity contribution in [1.29, 1.82) is 0 Å². The summed E-state index contributed by atoms with van der Waals surface area (Å²) in [7, 11) is 4.94. The Balaban J connectivity index is 1.49. The van der Waals surface area contributed by atoms with Crippen LogP contribution in [0.1, 0.15) is 82.9 Å². The topological polar surface area (TPSA) is 130 Å². The Hall–Kier alpha value is -3.96. The number of carbonyl (C=O) groups is 4. The average molecular weight is 608 g/mol. The third-order valence-electron chi connectivity index (χ3n) is 9.05. The second kappa shape index (κ2) is 13.4. The molecule has 1 atom stereocenters. The van der Waals surface area contributed by atoms with E-state index < -0.39 is 0 Å². The zero-order valence-corrected chi connectivity index (χ0v) is 26.6. The second-order valence-corrected chi connectivity index (χ2v) is 12.7. The van der Waals surface area contributed by atoms with Crippen molar-refractivity contribution < 1.29 is 23.9 Å². The fourth-order valence-corrected chi connectivity index (χ4v) is 6.58. The van der Waals surface area contributed by atoms with Gasteiger partial charge in [-0.15, -0.1) is 0 Å². The van der Waals surface area contributed by atoms with E-state index in [0.29, 0.717) is 43.0 Å². The Morgan fingerprint density at radius 2 is 1.91 bits per heavy atom. The Morgan fingerprint density at radius 1 is 1.11 bits per heavy atom. The number of likely N-dealkylation sites (N-methyl/N-ethyl adjacent to an activating group) is 1. The molecule has 3 heterocycles. The molecule has 1 unspecified atom stereocenters. The predicted octanol–water partition coefficient (Wildman–Crippen LogP) is 1.78. The fraction of sp³-hybridized carbons (Fsp3) is 0.625. The van der Waals surface area contributed by atoms with Crippen LogP contribution in [0.25, 0.3) is 0 Å². The lowest BCUT2D eigenvalue weighted by Crippen LogP contribution is -2.50. The van der Waals surface area contributed by atoms with Gasteiger partial charge in [-0.3, -0.25) is 23.9 Å². The number of pyridine rings is 1. The monoisotopic (exact) mass is 607 g/mol. The molecule has 0 spiro atoms. The van der Waals surface area contributed by atoms with E-state index in [9.17, 15) is 19.2 Å². The molecular formula is C32H45N7O5. The maximum Gasteiger partial charge on any atom is 0.274 e. The van der Waals surface area contributed by atoms with Crippen LogP contribution < -0.4 is 10.1 Å². The van der Waals surface area contributed by atoms with Crippen LogP contribution >= 0.6 is 0 Å². The zero-order chi connectivity index (χ0) is 31.5. The summed E-state index contributed by atoms with van der Waals surface area (Å²) < 4.78 is 7.30. The van der Waals surface area contributed by atoms with E-state index in [1.54, 1.807) is 16.6 Å². The largest absolute Gasteiger partial charge is 0.480 e. The number of nitrogens with one attached hydrogen (secondary N) is 1. The van der Waals surface area contributed by atoms with Crippen LogP contribution in [-0.4, -0.2) is 106 Å². The minimum absolute atomic E-state index is 0.101. The highest BCUT2D eigenvalue weighted by Crippen LogP contribution is 2.30. The van der Waals surface area contributed by atoms with E-state index in [-0.39, 0.29) is 61.7 Å². The molecule has 3 aliphatic rings. The molecule has 0 radical (unpaired) electrons. The Kier molecular flexibility index (Phi) is 9.55.